The van der Waals surface area contributed by atoms with E-state index in [4.69, 9.17) is 42.3 Å². The third-order valence-electron chi connectivity index (χ3n) is 5.08. The minimum atomic E-state index is -1.08. The Hall–Kier alpha value is -3.22. The number of carboxylic acids is 1. The smallest absolute Gasteiger partial charge is 0.344 e. The second-order valence-electron chi connectivity index (χ2n) is 7.53. The molecule has 4 rings (SSSR count). The van der Waals surface area contributed by atoms with Crippen molar-refractivity contribution in [2.45, 2.75) is 32.8 Å². The van der Waals surface area contributed by atoms with Gasteiger partial charge in [-0.3, -0.25) is 0 Å². The summed E-state index contributed by atoms with van der Waals surface area (Å²) in [6.07, 6.45) is 0.668. The van der Waals surface area contributed by atoms with Gasteiger partial charge in [0.05, 0.1) is 10.4 Å². The number of aryl methyl sites for hydroxylation is 1. The molecule has 1 atom stereocenters. The zero-order valence-corrected chi connectivity index (χ0v) is 19.5. The van der Waals surface area contributed by atoms with Crippen LogP contribution in [0.2, 0.25) is 10.0 Å². The SMILES string of the molecule is CCCc1cc(Oc2ccc(Cl)cc2)ccc1-c1noc2cc(Cl)c(O[C@H](C)C(=O)O)cc12. The first-order valence-electron chi connectivity index (χ1n) is 10.4. The van der Waals surface area contributed by atoms with Crippen LogP contribution in [0.4, 0.5) is 0 Å². The molecule has 0 radical (unpaired) electrons. The molecule has 0 aliphatic heterocycles. The van der Waals surface area contributed by atoms with E-state index in [0.29, 0.717) is 33.2 Å². The van der Waals surface area contributed by atoms with Crippen molar-refractivity contribution in [3.8, 4) is 28.5 Å². The van der Waals surface area contributed by atoms with Crippen LogP contribution in [-0.4, -0.2) is 22.3 Å². The highest BCUT2D eigenvalue weighted by Crippen LogP contribution is 2.38. The maximum atomic E-state index is 11.2. The van der Waals surface area contributed by atoms with E-state index < -0.39 is 12.1 Å². The molecule has 0 unspecified atom stereocenters. The van der Waals surface area contributed by atoms with E-state index in [2.05, 4.69) is 12.1 Å². The number of carboxylic acid groups (broad SMARTS) is 1. The Morgan fingerprint density at radius 3 is 2.52 bits per heavy atom. The van der Waals surface area contributed by atoms with Gasteiger partial charge in [0.15, 0.2) is 11.7 Å². The number of benzene rings is 3. The fourth-order valence-electron chi connectivity index (χ4n) is 3.44. The molecule has 6 nitrogen and oxygen atoms in total. The van der Waals surface area contributed by atoms with Gasteiger partial charge in [-0.2, -0.15) is 0 Å². The number of aromatic nitrogens is 1. The van der Waals surface area contributed by atoms with Crippen LogP contribution < -0.4 is 9.47 Å². The lowest BCUT2D eigenvalue weighted by atomic mass is 9.98. The molecule has 1 N–H and O–H groups in total. The standard InChI is InChI=1S/C25H21Cl2NO5/c1-3-4-15-11-18(32-17-7-5-16(26)6-8-17)9-10-19(15)24-20-12-23(31-14(2)25(29)30)21(27)13-22(20)33-28-24/h5-14H,3-4H2,1-2H3,(H,29,30)/t14-/m1/s1. The van der Waals surface area contributed by atoms with Gasteiger partial charge < -0.3 is 19.1 Å². The van der Waals surface area contributed by atoms with Gasteiger partial charge in [-0.1, -0.05) is 41.7 Å². The van der Waals surface area contributed by atoms with Gasteiger partial charge in [0.2, 0.25) is 0 Å². The van der Waals surface area contributed by atoms with Crippen molar-refractivity contribution in [2.75, 3.05) is 0 Å². The van der Waals surface area contributed by atoms with Crippen molar-refractivity contribution >= 4 is 40.1 Å². The maximum absolute atomic E-state index is 11.2. The highest BCUT2D eigenvalue weighted by molar-refractivity contribution is 6.33. The van der Waals surface area contributed by atoms with Crippen LogP contribution in [-0.2, 0) is 11.2 Å². The molecule has 0 fully saturated rings. The summed E-state index contributed by atoms with van der Waals surface area (Å²) in [5.74, 6) is 0.548. The van der Waals surface area contributed by atoms with Crippen LogP contribution in [0, 0.1) is 0 Å². The topological polar surface area (TPSA) is 81.8 Å². The van der Waals surface area contributed by atoms with Crippen LogP contribution in [0.1, 0.15) is 25.8 Å². The third kappa shape index (κ3) is 5.07. The van der Waals surface area contributed by atoms with Crippen molar-refractivity contribution in [3.63, 3.8) is 0 Å². The Morgan fingerprint density at radius 2 is 1.82 bits per heavy atom. The summed E-state index contributed by atoms with van der Waals surface area (Å²) in [7, 11) is 0. The summed E-state index contributed by atoms with van der Waals surface area (Å²) in [6, 6.07) is 16.2. The van der Waals surface area contributed by atoms with Gasteiger partial charge in [0, 0.05) is 16.7 Å². The molecular weight excluding hydrogens is 465 g/mol. The Balaban J connectivity index is 1.73. The van der Waals surface area contributed by atoms with Crippen LogP contribution >= 0.6 is 23.2 Å². The number of fused-ring (bicyclic) bond motifs is 1. The molecule has 0 aliphatic carbocycles. The van der Waals surface area contributed by atoms with Gasteiger partial charge in [-0.25, -0.2) is 4.79 Å². The van der Waals surface area contributed by atoms with Crippen molar-refractivity contribution in [1.82, 2.24) is 5.16 Å². The predicted molar refractivity (Wildman–Crippen MR) is 128 cm³/mol. The van der Waals surface area contributed by atoms with E-state index >= 15 is 0 Å². The molecule has 170 valence electrons. The second-order valence-corrected chi connectivity index (χ2v) is 8.38. The van der Waals surface area contributed by atoms with E-state index in [1.165, 1.54) is 6.92 Å². The van der Waals surface area contributed by atoms with Gasteiger partial charge in [0.1, 0.15) is 22.9 Å². The number of hydrogen-bond donors (Lipinski definition) is 1. The quantitative estimate of drug-likeness (QED) is 0.280. The highest BCUT2D eigenvalue weighted by atomic mass is 35.5. The number of aliphatic carboxylic acids is 1. The summed E-state index contributed by atoms with van der Waals surface area (Å²) in [4.78, 5) is 11.2. The zero-order valence-electron chi connectivity index (χ0n) is 18.0. The Kier molecular flexibility index (Phi) is 6.77. The molecule has 0 amide bonds. The summed E-state index contributed by atoms with van der Waals surface area (Å²) in [5, 5.41) is 15.0. The highest BCUT2D eigenvalue weighted by Gasteiger charge is 2.20. The minimum Gasteiger partial charge on any atom is -0.479 e. The molecule has 0 bridgehead atoms. The second kappa shape index (κ2) is 9.73. The third-order valence-corrected chi connectivity index (χ3v) is 5.62. The normalized spacial score (nSPS) is 12.0. The lowest BCUT2D eigenvalue weighted by molar-refractivity contribution is -0.144. The Labute approximate surface area is 200 Å². The zero-order chi connectivity index (χ0) is 23.5. The lowest BCUT2D eigenvalue weighted by Gasteiger charge is -2.13. The van der Waals surface area contributed by atoms with Gasteiger partial charge in [0.25, 0.3) is 0 Å². The number of nitrogens with zero attached hydrogens (tertiary/aromatic N) is 1. The first-order chi connectivity index (χ1) is 15.9. The monoisotopic (exact) mass is 485 g/mol. The molecule has 33 heavy (non-hydrogen) atoms. The fraction of sp³-hybridized carbons (Fsp3) is 0.200. The molecule has 0 spiro atoms. The maximum Gasteiger partial charge on any atom is 0.344 e. The van der Waals surface area contributed by atoms with Gasteiger partial charge in [-0.05, 0) is 67.4 Å². The largest absolute Gasteiger partial charge is 0.479 e. The predicted octanol–water partition coefficient (Wildman–Crippen LogP) is 7.40. The van der Waals surface area contributed by atoms with Gasteiger partial charge in [-0.15, -0.1) is 0 Å². The molecule has 1 heterocycles. The number of ether oxygens (including phenoxy) is 2. The average Bonchev–Trinajstić information content (AvgIpc) is 3.18. The van der Waals surface area contributed by atoms with E-state index in [0.717, 1.165) is 24.0 Å². The van der Waals surface area contributed by atoms with Crippen LogP contribution in [0.3, 0.4) is 0 Å². The van der Waals surface area contributed by atoms with E-state index in [1.807, 2.05) is 30.3 Å². The van der Waals surface area contributed by atoms with Gasteiger partial charge >= 0.3 is 5.97 Å². The van der Waals surface area contributed by atoms with Crippen LogP contribution in [0.25, 0.3) is 22.2 Å². The molecule has 0 aliphatic rings. The first-order valence-corrected chi connectivity index (χ1v) is 11.2. The van der Waals surface area contributed by atoms with Crippen LogP contribution in [0.5, 0.6) is 17.2 Å². The molecule has 8 heteroatoms. The number of rotatable bonds is 8. The minimum absolute atomic E-state index is 0.249. The number of hydrogen-bond acceptors (Lipinski definition) is 5. The average molecular weight is 486 g/mol. The molecule has 1 aromatic heterocycles. The van der Waals surface area contributed by atoms with Crippen molar-refractivity contribution < 1.29 is 23.9 Å². The van der Waals surface area contributed by atoms with E-state index in [9.17, 15) is 4.79 Å². The molecule has 0 saturated carbocycles. The Bertz CT molecular complexity index is 1300. The van der Waals surface area contributed by atoms with E-state index in [1.54, 1.807) is 24.3 Å². The summed E-state index contributed by atoms with van der Waals surface area (Å²) in [6.45, 7) is 3.53. The molecule has 0 saturated heterocycles. The van der Waals surface area contributed by atoms with Crippen molar-refractivity contribution in [3.05, 3.63) is 70.2 Å². The Morgan fingerprint density at radius 1 is 1.09 bits per heavy atom. The molecular formula is C25H21Cl2NO5. The first kappa shape index (κ1) is 23.0. The van der Waals surface area contributed by atoms with E-state index in [-0.39, 0.29) is 10.8 Å². The fourth-order valence-corrected chi connectivity index (χ4v) is 3.77. The lowest BCUT2D eigenvalue weighted by Crippen LogP contribution is -2.22. The summed E-state index contributed by atoms with van der Waals surface area (Å²) < 4.78 is 17.0. The number of carbonyl (C=O) groups is 1. The molecule has 4 aromatic rings. The molecule has 3 aromatic carbocycles. The van der Waals surface area contributed by atoms with Crippen LogP contribution in [0.15, 0.2) is 59.1 Å². The summed E-state index contributed by atoms with van der Waals surface area (Å²) in [5.41, 5.74) is 3.03. The summed E-state index contributed by atoms with van der Waals surface area (Å²) >= 11 is 12.2. The van der Waals surface area contributed by atoms with Crippen molar-refractivity contribution in [1.29, 1.82) is 0 Å². The van der Waals surface area contributed by atoms with Crippen molar-refractivity contribution in [2.24, 2.45) is 0 Å². The number of halogens is 2.